The lowest BCUT2D eigenvalue weighted by Crippen LogP contribution is -2.33. The second-order valence-corrected chi connectivity index (χ2v) is 6.65. The zero-order chi connectivity index (χ0) is 17.5. The molecular formula is C16H22N6OS. The number of aromatic nitrogens is 3. The molecule has 2 aromatic rings. The van der Waals surface area contributed by atoms with Crippen molar-refractivity contribution in [3.8, 4) is 0 Å². The molecule has 1 atom stereocenters. The number of hydrogen-bond donors (Lipinski definition) is 3. The second kappa shape index (κ2) is 8.49. The lowest BCUT2D eigenvalue weighted by Gasteiger charge is -2.22. The molecule has 1 aromatic heterocycles. The zero-order valence-corrected chi connectivity index (χ0v) is 14.6. The molecule has 2 rings (SSSR count). The van der Waals surface area contributed by atoms with Crippen LogP contribution in [0.25, 0.3) is 0 Å². The van der Waals surface area contributed by atoms with Crippen LogP contribution in [-0.2, 0) is 10.5 Å². The molecule has 0 aliphatic carbocycles. The number of nitrogens with zero attached hydrogens (tertiary/aromatic N) is 3. The molecule has 7 nitrogen and oxygen atoms in total. The number of benzene rings is 1. The fourth-order valence-corrected chi connectivity index (χ4v) is 2.95. The smallest absolute Gasteiger partial charge is 0.230 e. The predicted molar refractivity (Wildman–Crippen MR) is 97.0 cm³/mol. The summed E-state index contributed by atoms with van der Waals surface area (Å²) in [5.41, 5.74) is 12.1. The first kappa shape index (κ1) is 18.0. The largest absolute Gasteiger partial charge is 0.368 e. The van der Waals surface area contributed by atoms with Gasteiger partial charge in [-0.25, -0.2) is 0 Å². The molecule has 24 heavy (non-hydrogen) atoms. The summed E-state index contributed by atoms with van der Waals surface area (Å²) in [5.74, 6) is 1.67. The first-order valence-electron chi connectivity index (χ1n) is 7.63. The van der Waals surface area contributed by atoms with E-state index >= 15 is 0 Å². The van der Waals surface area contributed by atoms with Crippen LogP contribution in [0.3, 0.4) is 0 Å². The molecule has 0 unspecified atom stereocenters. The molecule has 8 heteroatoms. The average molecular weight is 346 g/mol. The highest BCUT2D eigenvalue weighted by atomic mass is 32.2. The van der Waals surface area contributed by atoms with E-state index in [-0.39, 0.29) is 23.8 Å². The van der Waals surface area contributed by atoms with Crippen molar-refractivity contribution in [3.63, 3.8) is 0 Å². The van der Waals surface area contributed by atoms with Gasteiger partial charge in [-0.1, -0.05) is 44.2 Å². The fraction of sp³-hybridized carbons (Fsp3) is 0.375. The minimum absolute atomic E-state index is 0.0113. The molecule has 0 saturated carbocycles. The topological polar surface area (TPSA) is 120 Å². The number of thioether (sulfide) groups is 1. The Labute approximate surface area is 145 Å². The number of amides is 1. The monoisotopic (exact) mass is 346 g/mol. The minimum Gasteiger partial charge on any atom is -0.368 e. The summed E-state index contributed by atoms with van der Waals surface area (Å²) >= 11 is 1.40. The van der Waals surface area contributed by atoms with Gasteiger partial charge < -0.3 is 16.8 Å². The maximum atomic E-state index is 12.2. The summed E-state index contributed by atoms with van der Waals surface area (Å²) < 4.78 is 0. The van der Waals surface area contributed by atoms with Gasteiger partial charge in [-0.3, -0.25) is 4.79 Å². The molecule has 1 aromatic carbocycles. The van der Waals surface area contributed by atoms with E-state index in [1.165, 1.54) is 11.8 Å². The van der Waals surface area contributed by atoms with Gasteiger partial charge in [-0.15, -0.1) is 11.8 Å². The van der Waals surface area contributed by atoms with E-state index in [9.17, 15) is 4.79 Å². The highest BCUT2D eigenvalue weighted by molar-refractivity contribution is 7.99. The van der Waals surface area contributed by atoms with Crippen LogP contribution < -0.4 is 16.8 Å². The number of carbonyl (C=O) groups is 1. The fourth-order valence-electron chi connectivity index (χ4n) is 2.27. The van der Waals surface area contributed by atoms with Crippen molar-refractivity contribution in [3.05, 3.63) is 41.7 Å². The Morgan fingerprint density at radius 2 is 1.75 bits per heavy atom. The molecule has 0 aliphatic rings. The molecular weight excluding hydrogens is 324 g/mol. The number of hydrogen-bond acceptors (Lipinski definition) is 7. The van der Waals surface area contributed by atoms with Gasteiger partial charge in [0, 0.05) is 0 Å². The molecule has 0 radical (unpaired) electrons. The van der Waals surface area contributed by atoms with Gasteiger partial charge in [0.05, 0.1) is 17.5 Å². The third-order valence-electron chi connectivity index (χ3n) is 3.32. The molecule has 128 valence electrons. The lowest BCUT2D eigenvalue weighted by molar-refractivity contribution is -0.119. The first-order valence-corrected chi connectivity index (χ1v) is 8.79. The van der Waals surface area contributed by atoms with Gasteiger partial charge in [0.15, 0.2) is 0 Å². The van der Waals surface area contributed by atoms with Crippen LogP contribution in [0.1, 0.15) is 31.3 Å². The number of nitrogens with one attached hydrogen (secondary N) is 1. The molecule has 0 spiro atoms. The number of anilines is 2. The van der Waals surface area contributed by atoms with Crippen LogP contribution in [0, 0.1) is 5.92 Å². The van der Waals surface area contributed by atoms with E-state index in [1.807, 2.05) is 30.3 Å². The van der Waals surface area contributed by atoms with Gasteiger partial charge in [0.1, 0.15) is 5.82 Å². The number of nitrogens with two attached hydrogens (primary N) is 2. The Morgan fingerprint density at radius 3 is 2.33 bits per heavy atom. The van der Waals surface area contributed by atoms with Crippen molar-refractivity contribution in [1.82, 2.24) is 20.3 Å². The van der Waals surface area contributed by atoms with Gasteiger partial charge >= 0.3 is 0 Å². The van der Waals surface area contributed by atoms with E-state index in [2.05, 4.69) is 34.1 Å². The molecule has 0 fully saturated rings. The van der Waals surface area contributed by atoms with Crippen LogP contribution in [0.15, 0.2) is 30.3 Å². The number of nitrogen functional groups attached to an aromatic ring is 2. The van der Waals surface area contributed by atoms with E-state index in [0.29, 0.717) is 23.2 Å². The predicted octanol–water partition coefficient (Wildman–Crippen LogP) is 1.78. The first-order chi connectivity index (χ1) is 11.5. The molecule has 0 bridgehead atoms. The number of rotatable bonds is 7. The zero-order valence-electron chi connectivity index (χ0n) is 13.8. The van der Waals surface area contributed by atoms with Crippen molar-refractivity contribution >= 4 is 29.6 Å². The van der Waals surface area contributed by atoms with Crippen molar-refractivity contribution in [2.24, 2.45) is 5.92 Å². The van der Waals surface area contributed by atoms with Gasteiger partial charge in [0.2, 0.25) is 17.8 Å². The van der Waals surface area contributed by atoms with Crippen molar-refractivity contribution in [1.29, 1.82) is 0 Å². The van der Waals surface area contributed by atoms with Gasteiger partial charge in [-0.05, 0) is 11.5 Å². The van der Waals surface area contributed by atoms with Crippen molar-refractivity contribution in [2.75, 3.05) is 17.2 Å². The van der Waals surface area contributed by atoms with Gasteiger partial charge in [-0.2, -0.15) is 15.0 Å². The van der Waals surface area contributed by atoms with E-state index in [0.717, 1.165) is 5.56 Å². The third-order valence-corrected chi connectivity index (χ3v) is 4.25. The van der Waals surface area contributed by atoms with Crippen LogP contribution in [0.5, 0.6) is 0 Å². The summed E-state index contributed by atoms with van der Waals surface area (Å²) in [7, 11) is 0. The van der Waals surface area contributed by atoms with E-state index in [1.54, 1.807) is 0 Å². The summed E-state index contributed by atoms with van der Waals surface area (Å²) in [6.07, 6.45) is 0. The molecule has 5 N–H and O–H groups in total. The van der Waals surface area contributed by atoms with Crippen LogP contribution in [0.4, 0.5) is 11.9 Å². The normalized spacial score (nSPS) is 12.1. The maximum absolute atomic E-state index is 12.2. The quantitative estimate of drug-likeness (QED) is 0.699. The Balaban J connectivity index is 1.87. The Morgan fingerprint density at radius 1 is 1.12 bits per heavy atom. The van der Waals surface area contributed by atoms with Crippen molar-refractivity contribution in [2.45, 2.75) is 25.6 Å². The standard InChI is InChI=1S/C16H22N6OS/c1-10(2)14(11-6-4-3-5-7-11)21-13(23)9-24-8-12-19-15(17)22-16(18)20-12/h3-7,10,14H,8-9H2,1-2H3,(H,21,23)(H4,17,18,19,20,22)/t14-/m0/s1. The summed E-state index contributed by atoms with van der Waals surface area (Å²) in [6, 6.07) is 9.94. The Hall–Kier alpha value is -2.35. The van der Waals surface area contributed by atoms with E-state index in [4.69, 9.17) is 11.5 Å². The average Bonchev–Trinajstić information content (AvgIpc) is 2.52. The van der Waals surface area contributed by atoms with Crippen LogP contribution >= 0.6 is 11.8 Å². The van der Waals surface area contributed by atoms with E-state index < -0.39 is 0 Å². The number of carbonyl (C=O) groups excluding carboxylic acids is 1. The summed E-state index contributed by atoms with van der Waals surface area (Å²) in [6.45, 7) is 4.17. The van der Waals surface area contributed by atoms with Gasteiger partial charge in [0.25, 0.3) is 0 Å². The van der Waals surface area contributed by atoms with Crippen LogP contribution in [0.2, 0.25) is 0 Å². The highest BCUT2D eigenvalue weighted by Gasteiger charge is 2.18. The molecule has 0 saturated heterocycles. The van der Waals surface area contributed by atoms with Crippen LogP contribution in [-0.4, -0.2) is 26.6 Å². The Bertz CT molecular complexity index is 659. The SMILES string of the molecule is CC(C)[C@H](NC(=O)CSCc1nc(N)nc(N)n1)c1ccccc1. The second-order valence-electron chi connectivity index (χ2n) is 5.66. The Kier molecular flexibility index (Phi) is 6.36. The molecule has 1 amide bonds. The minimum atomic E-state index is -0.0300. The molecule has 1 heterocycles. The lowest BCUT2D eigenvalue weighted by atomic mass is 9.96. The highest BCUT2D eigenvalue weighted by Crippen LogP contribution is 2.21. The third kappa shape index (κ3) is 5.38. The molecule has 0 aliphatic heterocycles. The van der Waals surface area contributed by atoms with Crippen molar-refractivity contribution < 1.29 is 4.79 Å². The summed E-state index contributed by atoms with van der Waals surface area (Å²) in [4.78, 5) is 23.9. The maximum Gasteiger partial charge on any atom is 0.230 e. The summed E-state index contributed by atoms with van der Waals surface area (Å²) in [5, 5.41) is 3.08.